The van der Waals surface area contributed by atoms with Crippen molar-refractivity contribution in [3.05, 3.63) is 63.6 Å². The van der Waals surface area contributed by atoms with Gasteiger partial charge in [0.05, 0.1) is 5.60 Å². The van der Waals surface area contributed by atoms with E-state index in [9.17, 15) is 9.50 Å². The molecule has 0 fully saturated rings. The molecule has 0 aliphatic rings. The van der Waals surface area contributed by atoms with Gasteiger partial charge in [-0.1, -0.05) is 12.1 Å². The molecule has 1 atom stereocenters. The Kier molecular flexibility index (Phi) is 4.02. The lowest BCUT2D eigenvalue weighted by atomic mass is 9.90. The highest BCUT2D eigenvalue weighted by Crippen LogP contribution is 2.26. The summed E-state index contributed by atoms with van der Waals surface area (Å²) in [7, 11) is 0. The van der Waals surface area contributed by atoms with Crippen LogP contribution in [0.2, 0.25) is 0 Å². The number of hydrogen-bond donors (Lipinski definition) is 1. The van der Waals surface area contributed by atoms with Crippen molar-refractivity contribution in [3.8, 4) is 0 Å². The highest BCUT2D eigenvalue weighted by Gasteiger charge is 2.25. The molecule has 1 aromatic heterocycles. The molecule has 2 rings (SSSR count). The number of aliphatic hydroxyl groups is 1. The van der Waals surface area contributed by atoms with Gasteiger partial charge in [-0.2, -0.15) is 0 Å². The number of pyridine rings is 1. The van der Waals surface area contributed by atoms with Crippen molar-refractivity contribution in [2.75, 3.05) is 0 Å². The zero-order valence-corrected chi connectivity index (χ0v) is 12.4. The standard InChI is InChI=1S/C15H15BrFNO/c1-10-3-4-11(7-14(10)17)15(2,19)8-13-6-5-12(16)9-18-13/h3-7,9,19H,8H2,1-2H3. The average Bonchev–Trinajstić information content (AvgIpc) is 2.35. The summed E-state index contributed by atoms with van der Waals surface area (Å²) in [6, 6.07) is 8.51. The Balaban J connectivity index is 2.26. The maximum Gasteiger partial charge on any atom is 0.126 e. The minimum absolute atomic E-state index is 0.304. The van der Waals surface area contributed by atoms with Crippen LogP contribution >= 0.6 is 15.9 Å². The lowest BCUT2D eigenvalue weighted by Crippen LogP contribution is -2.25. The van der Waals surface area contributed by atoms with Crippen LogP contribution in [0.4, 0.5) is 4.39 Å². The number of rotatable bonds is 3. The van der Waals surface area contributed by atoms with Gasteiger partial charge in [0.1, 0.15) is 5.82 Å². The fraction of sp³-hybridized carbons (Fsp3) is 0.267. The van der Waals surface area contributed by atoms with Crippen LogP contribution in [-0.4, -0.2) is 10.1 Å². The van der Waals surface area contributed by atoms with E-state index in [0.717, 1.165) is 10.2 Å². The Bertz CT molecular complexity index is 581. The molecule has 1 unspecified atom stereocenters. The molecule has 0 aliphatic heterocycles. The maximum atomic E-state index is 13.6. The van der Waals surface area contributed by atoms with E-state index in [1.54, 1.807) is 32.2 Å². The topological polar surface area (TPSA) is 33.1 Å². The summed E-state index contributed by atoms with van der Waals surface area (Å²) < 4.78 is 14.5. The largest absolute Gasteiger partial charge is 0.385 e. The second-order valence-corrected chi connectivity index (χ2v) is 5.80. The minimum atomic E-state index is -1.14. The van der Waals surface area contributed by atoms with E-state index < -0.39 is 5.60 Å². The molecule has 0 bridgehead atoms. The molecule has 0 spiro atoms. The number of nitrogens with zero attached hydrogens (tertiary/aromatic N) is 1. The van der Waals surface area contributed by atoms with E-state index in [1.165, 1.54) is 6.07 Å². The average molecular weight is 324 g/mol. The summed E-state index contributed by atoms with van der Waals surface area (Å²) in [4.78, 5) is 4.23. The maximum absolute atomic E-state index is 13.6. The lowest BCUT2D eigenvalue weighted by Gasteiger charge is -2.24. The molecule has 100 valence electrons. The second kappa shape index (κ2) is 5.39. The van der Waals surface area contributed by atoms with Gasteiger partial charge in [0, 0.05) is 22.8 Å². The molecule has 2 nitrogen and oxygen atoms in total. The summed E-state index contributed by atoms with van der Waals surface area (Å²) in [5, 5.41) is 10.5. The van der Waals surface area contributed by atoms with Gasteiger partial charge in [0.25, 0.3) is 0 Å². The van der Waals surface area contributed by atoms with Gasteiger partial charge in [-0.05, 0) is 59.1 Å². The van der Waals surface area contributed by atoms with E-state index in [1.807, 2.05) is 12.1 Å². The first-order chi connectivity index (χ1) is 8.88. The molecule has 1 N–H and O–H groups in total. The van der Waals surface area contributed by atoms with E-state index in [2.05, 4.69) is 20.9 Å². The van der Waals surface area contributed by atoms with Crippen molar-refractivity contribution in [2.45, 2.75) is 25.9 Å². The molecule has 19 heavy (non-hydrogen) atoms. The molecule has 0 radical (unpaired) electrons. The number of aryl methyl sites for hydroxylation is 1. The summed E-state index contributed by atoms with van der Waals surface area (Å²) in [6.07, 6.45) is 2.02. The first-order valence-corrected chi connectivity index (χ1v) is 6.77. The molecule has 1 aromatic carbocycles. The Morgan fingerprint density at radius 1 is 1.32 bits per heavy atom. The van der Waals surface area contributed by atoms with Crippen LogP contribution in [0.15, 0.2) is 41.0 Å². The van der Waals surface area contributed by atoms with Gasteiger partial charge in [-0.3, -0.25) is 4.98 Å². The monoisotopic (exact) mass is 323 g/mol. The van der Waals surface area contributed by atoms with Crippen molar-refractivity contribution in [1.82, 2.24) is 4.98 Å². The predicted molar refractivity (Wildman–Crippen MR) is 76.3 cm³/mol. The fourth-order valence-corrected chi connectivity index (χ4v) is 2.13. The third-order valence-electron chi connectivity index (χ3n) is 3.11. The van der Waals surface area contributed by atoms with Gasteiger partial charge < -0.3 is 5.11 Å². The Morgan fingerprint density at radius 2 is 2.05 bits per heavy atom. The van der Waals surface area contributed by atoms with Crippen molar-refractivity contribution < 1.29 is 9.50 Å². The van der Waals surface area contributed by atoms with Crippen LogP contribution in [0.3, 0.4) is 0 Å². The summed E-state index contributed by atoms with van der Waals surface area (Å²) in [5.41, 5.74) is 0.742. The van der Waals surface area contributed by atoms with Crippen molar-refractivity contribution in [3.63, 3.8) is 0 Å². The third kappa shape index (κ3) is 3.39. The smallest absolute Gasteiger partial charge is 0.126 e. The molecule has 0 saturated heterocycles. The first-order valence-electron chi connectivity index (χ1n) is 5.98. The van der Waals surface area contributed by atoms with Gasteiger partial charge in [0.2, 0.25) is 0 Å². The number of benzene rings is 1. The Hall–Kier alpha value is -1.26. The van der Waals surface area contributed by atoms with Crippen LogP contribution < -0.4 is 0 Å². The van der Waals surface area contributed by atoms with E-state index in [0.29, 0.717) is 17.5 Å². The highest BCUT2D eigenvalue weighted by molar-refractivity contribution is 9.10. The SMILES string of the molecule is Cc1ccc(C(C)(O)Cc2ccc(Br)cn2)cc1F. The zero-order valence-electron chi connectivity index (χ0n) is 10.8. The van der Waals surface area contributed by atoms with Crippen LogP contribution in [0, 0.1) is 12.7 Å². The number of hydrogen-bond acceptors (Lipinski definition) is 2. The molecule has 0 amide bonds. The van der Waals surface area contributed by atoms with E-state index >= 15 is 0 Å². The number of aromatic nitrogens is 1. The second-order valence-electron chi connectivity index (χ2n) is 4.88. The van der Waals surface area contributed by atoms with Crippen LogP contribution in [0.5, 0.6) is 0 Å². The minimum Gasteiger partial charge on any atom is -0.385 e. The summed E-state index contributed by atoms with van der Waals surface area (Å²) in [5.74, 6) is -0.304. The van der Waals surface area contributed by atoms with Gasteiger partial charge in [-0.25, -0.2) is 4.39 Å². The quantitative estimate of drug-likeness (QED) is 0.933. The van der Waals surface area contributed by atoms with Crippen LogP contribution in [-0.2, 0) is 12.0 Å². The molecule has 4 heteroatoms. The summed E-state index contributed by atoms with van der Waals surface area (Å²) in [6.45, 7) is 3.37. The predicted octanol–water partition coefficient (Wildman–Crippen LogP) is 3.74. The Morgan fingerprint density at radius 3 is 2.63 bits per heavy atom. The van der Waals surface area contributed by atoms with Crippen LogP contribution in [0.25, 0.3) is 0 Å². The van der Waals surface area contributed by atoms with E-state index in [4.69, 9.17) is 0 Å². The van der Waals surface area contributed by atoms with Gasteiger partial charge >= 0.3 is 0 Å². The van der Waals surface area contributed by atoms with Crippen molar-refractivity contribution in [2.24, 2.45) is 0 Å². The van der Waals surface area contributed by atoms with E-state index in [-0.39, 0.29) is 5.82 Å². The normalized spacial score (nSPS) is 14.2. The van der Waals surface area contributed by atoms with Gasteiger partial charge in [0.15, 0.2) is 0 Å². The highest BCUT2D eigenvalue weighted by atomic mass is 79.9. The summed E-state index contributed by atoms with van der Waals surface area (Å²) >= 11 is 3.31. The van der Waals surface area contributed by atoms with Crippen LogP contribution in [0.1, 0.15) is 23.7 Å². The van der Waals surface area contributed by atoms with Crippen molar-refractivity contribution in [1.29, 1.82) is 0 Å². The fourth-order valence-electron chi connectivity index (χ4n) is 1.89. The molecular formula is C15H15BrFNO. The molecular weight excluding hydrogens is 309 g/mol. The zero-order chi connectivity index (χ0) is 14.0. The molecule has 2 aromatic rings. The third-order valence-corrected chi connectivity index (χ3v) is 3.58. The van der Waals surface area contributed by atoms with Gasteiger partial charge in [-0.15, -0.1) is 0 Å². The first kappa shape index (κ1) is 14.2. The van der Waals surface area contributed by atoms with Crippen molar-refractivity contribution >= 4 is 15.9 Å². The molecule has 0 saturated carbocycles. The molecule has 0 aliphatic carbocycles. The lowest BCUT2D eigenvalue weighted by molar-refractivity contribution is 0.0562. The number of halogens is 2. The molecule has 1 heterocycles. The Labute approximate surface area is 120 Å².